The van der Waals surface area contributed by atoms with Gasteiger partial charge in [-0.3, -0.25) is 9.13 Å². The van der Waals surface area contributed by atoms with Crippen molar-refractivity contribution in [3.63, 3.8) is 0 Å². The Hall–Kier alpha value is 0.260. The van der Waals surface area contributed by atoms with Crippen LogP contribution in [0.5, 0.6) is 0 Å². The van der Waals surface area contributed by atoms with Crippen LogP contribution in [-0.2, 0) is 27.2 Å². The zero-order valence-corrected chi connectivity index (χ0v) is 18.1. The number of hydrogen-bond donors (Lipinski definition) is 0. The van der Waals surface area contributed by atoms with Crippen molar-refractivity contribution in [2.75, 3.05) is 54.1 Å². The van der Waals surface area contributed by atoms with Crippen LogP contribution in [0.25, 0.3) is 0 Å². The third kappa shape index (κ3) is 8.09. The van der Waals surface area contributed by atoms with E-state index in [4.69, 9.17) is 18.1 Å². The molecule has 0 amide bonds. The van der Waals surface area contributed by atoms with E-state index < -0.39 is 20.6 Å². The van der Waals surface area contributed by atoms with Gasteiger partial charge in [-0.15, -0.1) is 0 Å². The van der Waals surface area contributed by atoms with E-state index in [0.717, 1.165) is 11.0 Å². The van der Waals surface area contributed by atoms with Crippen LogP contribution in [-0.4, -0.2) is 64.0 Å². The minimum absolute atomic E-state index is 0.210. The molecule has 0 saturated carbocycles. The van der Waals surface area contributed by atoms with E-state index in [2.05, 4.69) is 21.1 Å². The molecule has 0 rings (SSSR count). The SMILES string of the molecule is CCOP(=O)(OCC)C(CCC[N+](C)(C)C)P(=O)(OCC)OCC. The average molecular weight is 388 g/mol. The first kappa shape index (κ1) is 24.3. The standard InChI is InChI=1S/C15H36NO6P2/c1-8-19-23(17,20-9-2)15(13-12-14-16(5,6)7)24(18,21-10-3)22-11-4/h15H,8-14H2,1-7H3/q+1. The fourth-order valence-electron chi connectivity index (χ4n) is 2.38. The van der Waals surface area contributed by atoms with E-state index in [1.807, 2.05) is 0 Å². The molecule has 0 atom stereocenters. The summed E-state index contributed by atoms with van der Waals surface area (Å²) in [6.07, 6.45) is 1.10. The summed E-state index contributed by atoms with van der Waals surface area (Å²) in [5.41, 5.74) is 0. The Morgan fingerprint density at radius 1 is 0.750 bits per heavy atom. The summed E-state index contributed by atoms with van der Waals surface area (Å²) >= 11 is 0. The Balaban J connectivity index is 5.61. The van der Waals surface area contributed by atoms with Gasteiger partial charge in [-0.1, -0.05) is 0 Å². The molecule has 0 aromatic carbocycles. The summed E-state index contributed by atoms with van der Waals surface area (Å²) in [5, 5.41) is -0.906. The van der Waals surface area contributed by atoms with Gasteiger partial charge in [-0.2, -0.15) is 0 Å². The molecule has 0 bridgehead atoms. The topological polar surface area (TPSA) is 71.1 Å². The van der Waals surface area contributed by atoms with E-state index in [1.165, 1.54) is 0 Å². The van der Waals surface area contributed by atoms with Crippen LogP contribution in [0, 0.1) is 0 Å². The maximum absolute atomic E-state index is 13.3. The summed E-state index contributed by atoms with van der Waals surface area (Å²) in [4.78, 5) is 0. The molecule has 0 aromatic rings. The van der Waals surface area contributed by atoms with Crippen LogP contribution in [0.1, 0.15) is 40.5 Å². The van der Waals surface area contributed by atoms with Crippen molar-refractivity contribution in [2.45, 2.75) is 45.9 Å². The smallest absolute Gasteiger partial charge is 0.331 e. The van der Waals surface area contributed by atoms with Gasteiger partial charge in [0.05, 0.1) is 54.1 Å². The summed E-state index contributed by atoms with van der Waals surface area (Å²) in [5.74, 6) is 0. The molecule has 0 unspecified atom stereocenters. The Bertz CT molecular complexity index is 388. The van der Waals surface area contributed by atoms with Gasteiger partial charge < -0.3 is 22.6 Å². The largest absolute Gasteiger partial charge is 0.345 e. The lowest BCUT2D eigenvalue weighted by Crippen LogP contribution is -2.35. The van der Waals surface area contributed by atoms with E-state index in [-0.39, 0.29) is 26.4 Å². The second-order valence-electron chi connectivity index (χ2n) is 6.39. The van der Waals surface area contributed by atoms with Gasteiger partial charge in [-0.25, -0.2) is 0 Å². The van der Waals surface area contributed by atoms with Crippen LogP contribution in [0.3, 0.4) is 0 Å². The lowest BCUT2D eigenvalue weighted by molar-refractivity contribution is -0.870. The molecular formula is C15H36NO6P2+. The average Bonchev–Trinajstić information content (AvgIpc) is 2.43. The van der Waals surface area contributed by atoms with Crippen molar-refractivity contribution in [3.05, 3.63) is 0 Å². The van der Waals surface area contributed by atoms with Gasteiger partial charge in [0.25, 0.3) is 0 Å². The lowest BCUT2D eigenvalue weighted by atomic mass is 10.3. The molecule has 0 spiro atoms. The van der Waals surface area contributed by atoms with Crippen molar-refractivity contribution < 1.29 is 31.7 Å². The zero-order valence-electron chi connectivity index (χ0n) is 16.3. The molecule has 0 aliphatic heterocycles. The Morgan fingerprint density at radius 3 is 1.33 bits per heavy atom. The van der Waals surface area contributed by atoms with E-state index in [0.29, 0.717) is 12.8 Å². The molecule has 0 N–H and O–H groups in total. The van der Waals surface area contributed by atoms with Crippen LogP contribution >= 0.6 is 15.2 Å². The summed E-state index contributed by atoms with van der Waals surface area (Å²) in [6.45, 7) is 8.63. The van der Waals surface area contributed by atoms with Crippen LogP contribution < -0.4 is 0 Å². The highest BCUT2D eigenvalue weighted by Crippen LogP contribution is 2.71. The maximum Gasteiger partial charge on any atom is 0.345 e. The van der Waals surface area contributed by atoms with E-state index in [9.17, 15) is 9.13 Å². The molecule has 146 valence electrons. The van der Waals surface area contributed by atoms with Crippen molar-refractivity contribution in [1.82, 2.24) is 0 Å². The number of hydrogen-bond acceptors (Lipinski definition) is 6. The predicted molar refractivity (Wildman–Crippen MR) is 97.6 cm³/mol. The second-order valence-corrected chi connectivity index (χ2v) is 11.2. The molecule has 0 saturated heterocycles. The number of nitrogens with zero attached hydrogens (tertiary/aromatic N) is 1. The molecule has 0 heterocycles. The molecule has 24 heavy (non-hydrogen) atoms. The van der Waals surface area contributed by atoms with Gasteiger partial charge in [0, 0.05) is 0 Å². The zero-order chi connectivity index (χ0) is 18.9. The lowest BCUT2D eigenvalue weighted by Gasteiger charge is -2.32. The minimum atomic E-state index is -3.61. The molecule has 0 aromatic heterocycles. The normalized spacial score (nSPS) is 13.7. The molecule has 7 nitrogen and oxygen atoms in total. The highest BCUT2D eigenvalue weighted by molar-refractivity contribution is 7.72. The quantitative estimate of drug-likeness (QED) is 0.326. The fraction of sp³-hybridized carbons (Fsp3) is 1.00. The van der Waals surface area contributed by atoms with E-state index >= 15 is 0 Å². The highest BCUT2D eigenvalue weighted by Gasteiger charge is 2.50. The Labute approximate surface area is 147 Å². The van der Waals surface area contributed by atoms with Crippen LogP contribution in [0.4, 0.5) is 0 Å². The minimum Gasteiger partial charge on any atom is -0.331 e. The second kappa shape index (κ2) is 11.1. The fourth-order valence-corrected chi connectivity index (χ4v) is 7.84. The van der Waals surface area contributed by atoms with Gasteiger partial charge in [0.2, 0.25) is 0 Å². The number of quaternary nitrogens is 1. The molecule has 0 radical (unpaired) electrons. The third-order valence-electron chi connectivity index (χ3n) is 3.26. The van der Waals surface area contributed by atoms with Crippen molar-refractivity contribution in [2.24, 2.45) is 0 Å². The van der Waals surface area contributed by atoms with Crippen molar-refractivity contribution in [1.29, 1.82) is 0 Å². The van der Waals surface area contributed by atoms with Crippen molar-refractivity contribution in [3.8, 4) is 0 Å². The molecule has 0 fully saturated rings. The van der Waals surface area contributed by atoms with Gasteiger partial charge >= 0.3 is 15.2 Å². The highest BCUT2D eigenvalue weighted by atomic mass is 31.2. The third-order valence-corrected chi connectivity index (χ3v) is 9.40. The van der Waals surface area contributed by atoms with Gasteiger partial charge in [0.15, 0.2) is 5.40 Å². The molecule has 0 aliphatic carbocycles. The van der Waals surface area contributed by atoms with Crippen molar-refractivity contribution >= 4 is 15.2 Å². The molecule has 9 heteroatoms. The Morgan fingerprint density at radius 2 is 1.08 bits per heavy atom. The monoisotopic (exact) mass is 388 g/mol. The maximum atomic E-state index is 13.3. The van der Waals surface area contributed by atoms with Crippen LogP contribution in [0.15, 0.2) is 0 Å². The molecular weight excluding hydrogens is 352 g/mol. The molecule has 0 aliphatic rings. The van der Waals surface area contributed by atoms with Gasteiger partial charge in [-0.05, 0) is 40.5 Å². The van der Waals surface area contributed by atoms with Crippen LogP contribution in [0.2, 0.25) is 0 Å². The number of rotatable bonds is 14. The summed E-state index contributed by atoms with van der Waals surface area (Å²) in [7, 11) is -1.00. The first-order valence-electron chi connectivity index (χ1n) is 8.66. The first-order valence-corrected chi connectivity index (χ1v) is 11.9. The Kier molecular flexibility index (Phi) is 11.2. The summed E-state index contributed by atoms with van der Waals surface area (Å²) < 4.78 is 49.1. The predicted octanol–water partition coefficient (Wildman–Crippen LogP) is 4.33. The van der Waals surface area contributed by atoms with Gasteiger partial charge in [0.1, 0.15) is 0 Å². The van der Waals surface area contributed by atoms with E-state index in [1.54, 1.807) is 27.7 Å². The summed E-state index contributed by atoms with van der Waals surface area (Å²) in [6, 6.07) is 0. The first-order chi connectivity index (χ1) is 11.1.